The molecule has 2 N–H and O–H groups in total. The van der Waals surface area contributed by atoms with E-state index in [4.69, 9.17) is 23.4 Å². The van der Waals surface area contributed by atoms with E-state index in [9.17, 15) is 29.4 Å². The first-order chi connectivity index (χ1) is 19.8. The summed E-state index contributed by atoms with van der Waals surface area (Å²) >= 11 is 0. The van der Waals surface area contributed by atoms with Crippen molar-refractivity contribution < 1.29 is 52.8 Å². The number of Topliss-reactive ketones (excluding diaryl/α,β-unsaturated/α-hetero) is 1. The van der Waals surface area contributed by atoms with Gasteiger partial charge in [0.15, 0.2) is 11.9 Å². The van der Waals surface area contributed by atoms with Crippen LogP contribution in [0.3, 0.4) is 0 Å². The first-order valence-corrected chi connectivity index (χ1v) is 13.7. The molecule has 2 heterocycles. The molecule has 224 valence electrons. The monoisotopic (exact) mass is 582 g/mol. The van der Waals surface area contributed by atoms with Crippen LogP contribution in [0, 0.1) is 11.3 Å². The predicted molar refractivity (Wildman–Crippen MR) is 145 cm³/mol. The minimum atomic E-state index is -2.07. The van der Waals surface area contributed by atoms with E-state index in [0.717, 1.165) is 12.5 Å². The van der Waals surface area contributed by atoms with Crippen molar-refractivity contribution in [2.75, 3.05) is 6.61 Å². The van der Waals surface area contributed by atoms with E-state index in [2.05, 4.69) is 0 Å². The number of ether oxygens (including phenoxy) is 4. The lowest BCUT2D eigenvalue weighted by atomic mass is 9.46. The van der Waals surface area contributed by atoms with Crippen LogP contribution < -0.4 is 0 Å². The molecule has 2 saturated carbocycles. The molecule has 1 aliphatic heterocycles. The number of esters is 3. The van der Waals surface area contributed by atoms with Crippen LogP contribution in [0.5, 0.6) is 0 Å². The van der Waals surface area contributed by atoms with E-state index in [1.807, 2.05) is 6.07 Å². The maximum atomic E-state index is 14.2. The van der Waals surface area contributed by atoms with E-state index < -0.39 is 76.7 Å². The molecule has 42 heavy (non-hydrogen) atoms. The highest BCUT2D eigenvalue weighted by atomic mass is 16.6. The highest BCUT2D eigenvalue weighted by Crippen LogP contribution is 2.67. The lowest BCUT2D eigenvalue weighted by Crippen LogP contribution is -2.82. The van der Waals surface area contributed by atoms with Gasteiger partial charge in [0.25, 0.3) is 0 Å². The largest absolute Gasteiger partial charge is 0.465 e. The molecule has 0 unspecified atom stereocenters. The summed E-state index contributed by atoms with van der Waals surface area (Å²) in [5.41, 5.74) is -6.61. The van der Waals surface area contributed by atoms with Gasteiger partial charge in [0, 0.05) is 13.0 Å². The number of carbonyl (C=O) groups is 4. The Kier molecular flexibility index (Phi) is 7.41. The molecule has 11 nitrogen and oxygen atoms in total. The van der Waals surface area contributed by atoms with Gasteiger partial charge in [-0.2, -0.15) is 0 Å². The SMILES string of the molecule is CC(=O)OC[C@@]12[C@@H](OC(=O)/C=C/c3ccccc3)CC[C@](C)(O)[C@@]13OC(C)(C)[C@H](C(=O)[C@H]2OC(=O)c1ccco1)[C@H]3O. The average molecular weight is 583 g/mol. The van der Waals surface area contributed by atoms with E-state index >= 15 is 0 Å². The number of furan rings is 1. The maximum Gasteiger partial charge on any atom is 0.374 e. The molecule has 2 bridgehead atoms. The molecule has 1 aromatic heterocycles. The maximum absolute atomic E-state index is 14.2. The molecule has 1 saturated heterocycles. The van der Waals surface area contributed by atoms with Crippen LogP contribution in [0.15, 0.2) is 59.2 Å². The van der Waals surface area contributed by atoms with Gasteiger partial charge in [-0.15, -0.1) is 0 Å². The summed E-state index contributed by atoms with van der Waals surface area (Å²) in [4.78, 5) is 52.9. The second-order valence-corrected chi connectivity index (χ2v) is 11.8. The van der Waals surface area contributed by atoms with Gasteiger partial charge in [0.2, 0.25) is 5.76 Å². The van der Waals surface area contributed by atoms with Gasteiger partial charge >= 0.3 is 17.9 Å². The first-order valence-electron chi connectivity index (χ1n) is 13.7. The van der Waals surface area contributed by atoms with Gasteiger partial charge < -0.3 is 33.6 Å². The van der Waals surface area contributed by atoms with Gasteiger partial charge in [-0.05, 0) is 57.4 Å². The standard InChI is InChI=1S/C31H34O11/c1-18(32)39-17-30-21(40-22(33)13-12-19-9-6-5-7-10-19)14-15-29(4,37)31(30)25(35)23(28(2,3)42-31)24(34)26(30)41-27(36)20-11-8-16-38-20/h5-13,16,21,23,25-26,35,37H,14-15,17H2,1-4H3/b13-12+/t21-,23+,25+,26+,29-,30-,31+/m0/s1. The van der Waals surface area contributed by atoms with Gasteiger partial charge in [-0.3, -0.25) is 9.59 Å². The molecule has 3 fully saturated rings. The van der Waals surface area contributed by atoms with Crippen molar-refractivity contribution in [2.45, 2.75) is 75.7 Å². The van der Waals surface area contributed by atoms with Crippen LogP contribution in [0.1, 0.15) is 56.7 Å². The molecule has 1 spiro atoms. The molecule has 0 radical (unpaired) electrons. The third-order valence-corrected chi connectivity index (χ3v) is 8.83. The summed E-state index contributed by atoms with van der Waals surface area (Å²) in [5, 5.41) is 23.8. The lowest BCUT2D eigenvalue weighted by Gasteiger charge is -2.63. The normalized spacial score (nSPS) is 35.0. The van der Waals surface area contributed by atoms with Crippen LogP contribution in [0.25, 0.3) is 6.08 Å². The van der Waals surface area contributed by atoms with E-state index in [1.165, 1.54) is 37.5 Å². The Bertz CT molecular complexity index is 1390. The third kappa shape index (κ3) is 4.47. The van der Waals surface area contributed by atoms with Crippen molar-refractivity contribution >= 4 is 29.8 Å². The Morgan fingerprint density at radius 3 is 2.43 bits per heavy atom. The summed E-state index contributed by atoms with van der Waals surface area (Å²) in [5.74, 6) is -4.75. The fraction of sp³-hybridized carbons (Fsp3) is 0.484. The quantitative estimate of drug-likeness (QED) is 0.281. The number of fused-ring (bicyclic) bond motifs is 1. The summed E-state index contributed by atoms with van der Waals surface area (Å²) in [6.45, 7) is 5.05. The number of hydrogen-bond donors (Lipinski definition) is 2. The Hall–Kier alpha value is -3.80. The van der Waals surface area contributed by atoms with E-state index in [0.29, 0.717) is 0 Å². The van der Waals surface area contributed by atoms with Crippen molar-refractivity contribution in [1.29, 1.82) is 0 Å². The summed E-state index contributed by atoms with van der Waals surface area (Å²) in [7, 11) is 0. The molecule has 5 rings (SSSR count). The molecule has 0 amide bonds. The molecule has 2 aliphatic carbocycles. The molecular weight excluding hydrogens is 548 g/mol. The van der Waals surface area contributed by atoms with Crippen molar-refractivity contribution in [3.8, 4) is 0 Å². The van der Waals surface area contributed by atoms with Gasteiger partial charge in [-0.1, -0.05) is 30.3 Å². The Morgan fingerprint density at radius 1 is 1.07 bits per heavy atom. The molecule has 1 aromatic carbocycles. The molecule has 3 aliphatic rings. The minimum Gasteiger partial charge on any atom is -0.465 e. The van der Waals surface area contributed by atoms with Gasteiger partial charge in [0.05, 0.1) is 29.5 Å². The molecular formula is C31H34O11. The second kappa shape index (κ2) is 10.5. The number of carbonyl (C=O) groups excluding carboxylic acids is 4. The van der Waals surface area contributed by atoms with Crippen molar-refractivity contribution in [1.82, 2.24) is 0 Å². The van der Waals surface area contributed by atoms with Crippen molar-refractivity contribution in [3.05, 3.63) is 66.1 Å². The number of rotatable bonds is 7. The number of ketones is 1. The number of hydrogen-bond acceptors (Lipinski definition) is 11. The molecule has 7 atom stereocenters. The van der Waals surface area contributed by atoms with Crippen LogP contribution in [0.4, 0.5) is 0 Å². The van der Waals surface area contributed by atoms with Crippen LogP contribution >= 0.6 is 0 Å². The summed E-state index contributed by atoms with van der Waals surface area (Å²) in [6, 6.07) is 11.8. The first kappa shape index (κ1) is 29.7. The lowest BCUT2D eigenvalue weighted by molar-refractivity contribution is -0.334. The van der Waals surface area contributed by atoms with E-state index in [-0.39, 0.29) is 18.6 Å². The fourth-order valence-electron chi connectivity index (χ4n) is 7.12. The smallest absolute Gasteiger partial charge is 0.374 e. The minimum absolute atomic E-state index is 0.0257. The average Bonchev–Trinajstić information content (AvgIpc) is 3.53. The van der Waals surface area contributed by atoms with Crippen LogP contribution in [0.2, 0.25) is 0 Å². The Labute approximate surface area is 242 Å². The Morgan fingerprint density at radius 2 is 1.79 bits per heavy atom. The fourth-order valence-corrected chi connectivity index (χ4v) is 7.12. The molecule has 11 heteroatoms. The molecule has 2 aromatic rings. The van der Waals surface area contributed by atoms with Gasteiger partial charge in [0.1, 0.15) is 23.7 Å². The zero-order chi connectivity index (χ0) is 30.5. The summed E-state index contributed by atoms with van der Waals surface area (Å²) < 4.78 is 28.9. The van der Waals surface area contributed by atoms with E-state index in [1.54, 1.807) is 38.1 Å². The zero-order valence-corrected chi connectivity index (χ0v) is 23.8. The van der Waals surface area contributed by atoms with Crippen LogP contribution in [-0.2, 0) is 33.3 Å². The highest BCUT2D eigenvalue weighted by Gasteiger charge is 2.85. The van der Waals surface area contributed by atoms with Crippen molar-refractivity contribution in [2.24, 2.45) is 11.3 Å². The predicted octanol–water partition coefficient (Wildman–Crippen LogP) is 2.63. The highest BCUT2D eigenvalue weighted by molar-refractivity contribution is 5.95. The zero-order valence-electron chi connectivity index (χ0n) is 23.8. The number of aliphatic hydroxyl groups is 2. The number of benzene rings is 1. The topological polar surface area (TPSA) is 159 Å². The Balaban J connectivity index is 1.67. The number of aliphatic hydroxyl groups excluding tert-OH is 1. The van der Waals surface area contributed by atoms with Crippen LogP contribution in [-0.4, -0.2) is 75.6 Å². The van der Waals surface area contributed by atoms with Gasteiger partial charge in [-0.25, -0.2) is 9.59 Å². The summed E-state index contributed by atoms with van der Waals surface area (Å²) in [6.07, 6.45) is -0.792. The third-order valence-electron chi connectivity index (χ3n) is 8.83. The van der Waals surface area contributed by atoms with Crippen molar-refractivity contribution in [3.63, 3.8) is 0 Å². The second-order valence-electron chi connectivity index (χ2n) is 11.8.